The van der Waals surface area contributed by atoms with Crippen molar-refractivity contribution in [2.45, 2.75) is 26.7 Å². The zero-order valence-corrected chi connectivity index (χ0v) is 16.0. The van der Waals surface area contributed by atoms with Gasteiger partial charge in [-0.25, -0.2) is 5.43 Å². The summed E-state index contributed by atoms with van der Waals surface area (Å²) in [6.07, 6.45) is 1.69. The minimum Gasteiger partial charge on any atom is -0.494 e. The fourth-order valence-corrected chi connectivity index (χ4v) is 3.46. The molecule has 6 nitrogen and oxygen atoms in total. The lowest BCUT2D eigenvalue weighted by molar-refractivity contribution is 0.0949. The highest BCUT2D eigenvalue weighted by Gasteiger charge is 2.24. The summed E-state index contributed by atoms with van der Waals surface area (Å²) < 4.78 is 5.44. The summed E-state index contributed by atoms with van der Waals surface area (Å²) in [6.45, 7) is 4.43. The summed E-state index contributed by atoms with van der Waals surface area (Å²) in [4.78, 5) is 12.7. The van der Waals surface area contributed by atoms with E-state index in [1.165, 1.54) is 5.56 Å². The normalized spacial score (nSPS) is 12.9. The van der Waals surface area contributed by atoms with Gasteiger partial charge in [-0.3, -0.25) is 9.89 Å². The third kappa shape index (κ3) is 3.41. The number of aromatic amines is 1. The predicted octanol–water partition coefficient (Wildman–Crippen LogP) is 3.73. The number of hydrazone groups is 1. The van der Waals surface area contributed by atoms with Crippen LogP contribution in [0.5, 0.6) is 5.75 Å². The van der Waals surface area contributed by atoms with Crippen LogP contribution in [0.3, 0.4) is 0 Å². The van der Waals surface area contributed by atoms with Crippen molar-refractivity contribution >= 4 is 11.6 Å². The Morgan fingerprint density at radius 1 is 1.18 bits per heavy atom. The maximum atomic E-state index is 12.7. The van der Waals surface area contributed by atoms with Crippen molar-refractivity contribution in [2.24, 2.45) is 5.10 Å². The van der Waals surface area contributed by atoms with Crippen molar-refractivity contribution in [1.82, 2.24) is 15.6 Å². The van der Waals surface area contributed by atoms with Gasteiger partial charge in [-0.1, -0.05) is 24.3 Å². The summed E-state index contributed by atoms with van der Waals surface area (Å²) in [5.74, 6) is 0.533. The van der Waals surface area contributed by atoms with E-state index in [2.05, 4.69) is 26.8 Å². The Bertz CT molecular complexity index is 1030. The molecule has 1 aliphatic rings. The second-order valence-electron chi connectivity index (χ2n) is 6.68. The molecular formula is C22H22N4O2. The Kier molecular flexibility index (Phi) is 4.93. The number of aromatic nitrogens is 2. The van der Waals surface area contributed by atoms with E-state index in [1.54, 1.807) is 0 Å². The van der Waals surface area contributed by atoms with E-state index in [9.17, 15) is 4.79 Å². The van der Waals surface area contributed by atoms with Crippen LogP contribution in [0.2, 0.25) is 0 Å². The average Bonchev–Trinajstić information content (AvgIpc) is 3.17. The molecule has 28 heavy (non-hydrogen) atoms. The van der Waals surface area contributed by atoms with E-state index in [0.29, 0.717) is 12.3 Å². The van der Waals surface area contributed by atoms with Gasteiger partial charge in [0, 0.05) is 11.1 Å². The molecule has 0 spiro atoms. The fraction of sp³-hybridized carbons (Fsp3) is 0.227. The maximum absolute atomic E-state index is 12.7. The van der Waals surface area contributed by atoms with Crippen molar-refractivity contribution in [3.8, 4) is 17.0 Å². The third-order valence-corrected chi connectivity index (χ3v) is 4.92. The van der Waals surface area contributed by atoms with Crippen LogP contribution in [0.1, 0.15) is 41.0 Å². The van der Waals surface area contributed by atoms with Gasteiger partial charge in [-0.15, -0.1) is 0 Å². The SMILES string of the molecule is CCOc1ccc(/C(C)=N/NC(=O)c2[nH]nc3c2CCc2ccccc2-3)cc1. The van der Waals surface area contributed by atoms with Crippen molar-refractivity contribution in [2.75, 3.05) is 6.61 Å². The Balaban J connectivity index is 1.51. The molecule has 1 heterocycles. The second kappa shape index (κ2) is 7.68. The zero-order chi connectivity index (χ0) is 19.5. The summed E-state index contributed by atoms with van der Waals surface area (Å²) in [7, 11) is 0. The lowest BCUT2D eigenvalue weighted by Crippen LogP contribution is -2.21. The largest absolute Gasteiger partial charge is 0.494 e. The van der Waals surface area contributed by atoms with Gasteiger partial charge in [-0.05, 0) is 62.1 Å². The smallest absolute Gasteiger partial charge is 0.289 e. The number of fused-ring (bicyclic) bond motifs is 3. The minimum atomic E-state index is -0.279. The van der Waals surface area contributed by atoms with E-state index in [0.717, 1.165) is 46.7 Å². The predicted molar refractivity (Wildman–Crippen MR) is 109 cm³/mol. The molecule has 2 N–H and O–H groups in total. The first-order chi connectivity index (χ1) is 13.7. The Morgan fingerprint density at radius 3 is 2.75 bits per heavy atom. The van der Waals surface area contributed by atoms with Gasteiger partial charge in [-0.2, -0.15) is 10.2 Å². The third-order valence-electron chi connectivity index (χ3n) is 4.92. The van der Waals surface area contributed by atoms with Crippen molar-refractivity contribution in [3.05, 3.63) is 70.9 Å². The summed E-state index contributed by atoms with van der Waals surface area (Å²) in [5, 5.41) is 11.5. The van der Waals surface area contributed by atoms with E-state index in [-0.39, 0.29) is 5.91 Å². The molecule has 0 bridgehead atoms. The summed E-state index contributed by atoms with van der Waals surface area (Å²) in [6, 6.07) is 15.8. The van der Waals surface area contributed by atoms with Crippen LogP contribution in [0.15, 0.2) is 53.6 Å². The number of H-pyrrole nitrogens is 1. The first-order valence-electron chi connectivity index (χ1n) is 9.40. The summed E-state index contributed by atoms with van der Waals surface area (Å²) in [5.41, 5.74) is 8.92. The lowest BCUT2D eigenvalue weighted by Gasteiger charge is -2.15. The van der Waals surface area contributed by atoms with E-state index >= 15 is 0 Å². The first kappa shape index (κ1) is 18.0. The van der Waals surface area contributed by atoms with E-state index < -0.39 is 0 Å². The molecule has 4 rings (SSSR count). The van der Waals surface area contributed by atoms with Crippen LogP contribution in [0, 0.1) is 0 Å². The number of nitrogens with one attached hydrogen (secondary N) is 2. The Hall–Kier alpha value is -3.41. The number of carbonyl (C=O) groups excluding carboxylic acids is 1. The topological polar surface area (TPSA) is 79.4 Å². The molecule has 1 aromatic heterocycles. The van der Waals surface area contributed by atoms with Gasteiger partial charge in [0.05, 0.1) is 18.0 Å². The highest BCUT2D eigenvalue weighted by molar-refractivity contribution is 6.01. The van der Waals surface area contributed by atoms with Crippen LogP contribution in [0.25, 0.3) is 11.3 Å². The highest BCUT2D eigenvalue weighted by Crippen LogP contribution is 2.33. The molecular weight excluding hydrogens is 352 g/mol. The number of aryl methyl sites for hydroxylation is 1. The van der Waals surface area contributed by atoms with Gasteiger partial charge in [0.15, 0.2) is 0 Å². The molecule has 0 aliphatic heterocycles. The van der Waals surface area contributed by atoms with Gasteiger partial charge >= 0.3 is 0 Å². The van der Waals surface area contributed by atoms with Crippen molar-refractivity contribution in [3.63, 3.8) is 0 Å². The Labute approximate surface area is 163 Å². The number of hydrogen-bond acceptors (Lipinski definition) is 4. The fourth-order valence-electron chi connectivity index (χ4n) is 3.46. The Morgan fingerprint density at radius 2 is 1.96 bits per heavy atom. The van der Waals surface area contributed by atoms with Crippen LogP contribution in [0.4, 0.5) is 0 Å². The number of ether oxygens (including phenoxy) is 1. The molecule has 0 saturated carbocycles. The maximum Gasteiger partial charge on any atom is 0.289 e. The van der Waals surface area contributed by atoms with E-state index in [1.807, 2.05) is 56.3 Å². The molecule has 0 unspecified atom stereocenters. The monoisotopic (exact) mass is 374 g/mol. The molecule has 0 radical (unpaired) electrons. The highest BCUT2D eigenvalue weighted by atomic mass is 16.5. The van der Waals surface area contributed by atoms with E-state index in [4.69, 9.17) is 4.74 Å². The van der Waals surface area contributed by atoms with Crippen molar-refractivity contribution in [1.29, 1.82) is 0 Å². The van der Waals surface area contributed by atoms with Gasteiger partial charge in [0.1, 0.15) is 11.4 Å². The molecule has 1 aliphatic carbocycles. The van der Waals surface area contributed by atoms with Crippen LogP contribution in [-0.2, 0) is 12.8 Å². The van der Waals surface area contributed by atoms with Gasteiger partial charge < -0.3 is 4.74 Å². The summed E-state index contributed by atoms with van der Waals surface area (Å²) >= 11 is 0. The number of rotatable bonds is 5. The zero-order valence-electron chi connectivity index (χ0n) is 16.0. The molecule has 3 aromatic rings. The number of amides is 1. The molecule has 6 heteroatoms. The molecule has 0 saturated heterocycles. The quantitative estimate of drug-likeness (QED) is 0.528. The van der Waals surface area contributed by atoms with Crippen LogP contribution < -0.4 is 10.2 Å². The number of benzene rings is 2. The van der Waals surface area contributed by atoms with Crippen molar-refractivity contribution < 1.29 is 9.53 Å². The second-order valence-corrected chi connectivity index (χ2v) is 6.68. The molecule has 0 atom stereocenters. The standard InChI is InChI=1S/C22H22N4O2/c1-3-28-17-11-8-15(9-12-17)14(2)23-26-22(27)21-19-13-10-16-6-4-5-7-18(16)20(19)24-25-21/h4-9,11-12H,3,10,13H2,1-2H3,(H,24,25)(H,26,27)/b23-14+. The molecule has 2 aromatic carbocycles. The molecule has 142 valence electrons. The number of nitrogens with zero attached hydrogens (tertiary/aromatic N) is 2. The number of carbonyl (C=O) groups is 1. The minimum absolute atomic E-state index is 0.279. The first-order valence-corrected chi connectivity index (χ1v) is 9.40. The number of hydrogen-bond donors (Lipinski definition) is 2. The van der Waals surface area contributed by atoms with Crippen LogP contribution >= 0.6 is 0 Å². The van der Waals surface area contributed by atoms with Crippen LogP contribution in [-0.4, -0.2) is 28.4 Å². The molecule has 1 amide bonds. The molecule has 0 fully saturated rings. The average molecular weight is 374 g/mol. The lowest BCUT2D eigenvalue weighted by atomic mass is 9.89. The van der Waals surface area contributed by atoms with Gasteiger partial charge in [0.25, 0.3) is 5.91 Å². The van der Waals surface area contributed by atoms with Gasteiger partial charge in [0.2, 0.25) is 0 Å².